The number of aryl methyl sites for hydroxylation is 1. The van der Waals surface area contributed by atoms with Crippen molar-refractivity contribution in [1.82, 2.24) is 5.16 Å². The third kappa shape index (κ3) is 2.00. The number of nitrogens with zero attached hydrogens (tertiary/aromatic N) is 1. The summed E-state index contributed by atoms with van der Waals surface area (Å²) < 4.78 is 24.4. The van der Waals surface area contributed by atoms with Crippen LogP contribution < -0.4 is 10.5 Å². The van der Waals surface area contributed by atoms with Crippen molar-refractivity contribution in [2.24, 2.45) is 0 Å². The summed E-state index contributed by atoms with van der Waals surface area (Å²) in [6, 6.07) is 3.09. The van der Waals surface area contributed by atoms with E-state index in [1.807, 2.05) is 6.92 Å². The fourth-order valence-electron chi connectivity index (χ4n) is 1.63. The zero-order valence-electron chi connectivity index (χ0n) is 9.25. The molecular formula is C11H10BrFN2O2. The van der Waals surface area contributed by atoms with Crippen molar-refractivity contribution in [2.75, 3.05) is 12.8 Å². The second-order valence-electron chi connectivity index (χ2n) is 3.51. The average molecular weight is 301 g/mol. The number of methoxy groups -OCH3 is 1. The van der Waals surface area contributed by atoms with Crippen molar-refractivity contribution in [3.8, 4) is 17.0 Å². The lowest BCUT2D eigenvalue weighted by molar-refractivity contribution is 0.407. The third-order valence-electron chi connectivity index (χ3n) is 2.35. The van der Waals surface area contributed by atoms with Crippen LogP contribution in [0.1, 0.15) is 5.56 Å². The number of nitrogen functional groups attached to an aromatic ring is 1. The Morgan fingerprint density at radius 1 is 1.47 bits per heavy atom. The molecule has 0 aliphatic rings. The summed E-state index contributed by atoms with van der Waals surface area (Å²) in [7, 11) is 1.47. The van der Waals surface area contributed by atoms with Gasteiger partial charge in [0.15, 0.2) is 5.82 Å². The SMILES string of the molecule is COc1c(C)cc(Br)c(F)c1-c1cc(N)on1. The molecule has 2 aromatic rings. The minimum atomic E-state index is -0.458. The van der Waals surface area contributed by atoms with Crippen molar-refractivity contribution in [3.63, 3.8) is 0 Å². The molecule has 0 saturated heterocycles. The molecule has 17 heavy (non-hydrogen) atoms. The van der Waals surface area contributed by atoms with Crippen LogP contribution in [0.3, 0.4) is 0 Å². The largest absolute Gasteiger partial charge is 0.496 e. The second kappa shape index (κ2) is 4.37. The van der Waals surface area contributed by atoms with E-state index in [2.05, 4.69) is 21.1 Å². The number of ether oxygens (including phenoxy) is 1. The summed E-state index contributed by atoms with van der Waals surface area (Å²) in [6.07, 6.45) is 0. The summed E-state index contributed by atoms with van der Waals surface area (Å²) in [6.45, 7) is 1.82. The molecule has 0 unspecified atom stereocenters. The minimum absolute atomic E-state index is 0.124. The molecule has 0 spiro atoms. The van der Waals surface area contributed by atoms with Crippen LogP contribution in [0, 0.1) is 12.7 Å². The van der Waals surface area contributed by atoms with E-state index in [0.29, 0.717) is 15.9 Å². The average Bonchev–Trinajstić information content (AvgIpc) is 2.69. The summed E-state index contributed by atoms with van der Waals surface area (Å²) in [5, 5.41) is 3.70. The summed E-state index contributed by atoms with van der Waals surface area (Å²) >= 11 is 3.14. The lowest BCUT2D eigenvalue weighted by atomic mass is 10.1. The number of benzene rings is 1. The van der Waals surface area contributed by atoms with Gasteiger partial charge >= 0.3 is 0 Å². The van der Waals surface area contributed by atoms with E-state index < -0.39 is 5.82 Å². The van der Waals surface area contributed by atoms with Crippen molar-refractivity contribution in [1.29, 1.82) is 0 Å². The van der Waals surface area contributed by atoms with Crippen molar-refractivity contribution in [2.45, 2.75) is 6.92 Å². The van der Waals surface area contributed by atoms with Crippen LogP contribution in [0.15, 0.2) is 21.1 Å². The molecule has 1 aromatic heterocycles. The lowest BCUT2D eigenvalue weighted by Gasteiger charge is -2.11. The van der Waals surface area contributed by atoms with E-state index in [0.717, 1.165) is 5.56 Å². The van der Waals surface area contributed by atoms with E-state index in [4.69, 9.17) is 15.0 Å². The monoisotopic (exact) mass is 300 g/mol. The van der Waals surface area contributed by atoms with Crippen LogP contribution in [-0.4, -0.2) is 12.3 Å². The molecule has 0 fully saturated rings. The number of anilines is 1. The molecule has 2 N–H and O–H groups in total. The van der Waals surface area contributed by atoms with Gasteiger partial charge in [0.2, 0.25) is 5.88 Å². The zero-order chi connectivity index (χ0) is 12.6. The number of aromatic nitrogens is 1. The molecule has 0 bridgehead atoms. The van der Waals surface area contributed by atoms with Gasteiger partial charge < -0.3 is 15.0 Å². The van der Waals surface area contributed by atoms with E-state index in [9.17, 15) is 4.39 Å². The number of hydrogen-bond donors (Lipinski definition) is 1. The fourth-order valence-corrected chi connectivity index (χ4v) is 2.18. The zero-order valence-corrected chi connectivity index (χ0v) is 10.8. The Hall–Kier alpha value is -1.56. The topological polar surface area (TPSA) is 61.3 Å². The molecule has 0 aliphatic carbocycles. The molecule has 90 valence electrons. The first-order valence-corrected chi connectivity index (χ1v) is 5.59. The van der Waals surface area contributed by atoms with Gasteiger partial charge in [-0.25, -0.2) is 4.39 Å². The van der Waals surface area contributed by atoms with Crippen molar-refractivity contribution >= 4 is 21.8 Å². The van der Waals surface area contributed by atoms with E-state index in [1.54, 1.807) is 6.07 Å². The predicted octanol–water partition coefficient (Wildman–Crippen LogP) is 3.14. The molecule has 0 atom stereocenters. The van der Waals surface area contributed by atoms with Gasteiger partial charge in [-0.3, -0.25) is 0 Å². The van der Waals surface area contributed by atoms with E-state index in [1.165, 1.54) is 13.2 Å². The highest BCUT2D eigenvalue weighted by atomic mass is 79.9. The quantitative estimate of drug-likeness (QED) is 0.925. The number of hydrogen-bond acceptors (Lipinski definition) is 4. The second-order valence-corrected chi connectivity index (χ2v) is 4.37. The van der Waals surface area contributed by atoms with Crippen molar-refractivity contribution < 1.29 is 13.7 Å². The predicted molar refractivity (Wildman–Crippen MR) is 65.3 cm³/mol. The van der Waals surface area contributed by atoms with Gasteiger partial charge in [-0.2, -0.15) is 0 Å². The number of nitrogens with two attached hydrogens (primary N) is 1. The molecule has 0 saturated carbocycles. The van der Waals surface area contributed by atoms with E-state index >= 15 is 0 Å². The highest BCUT2D eigenvalue weighted by Crippen LogP contribution is 2.38. The Kier molecular flexibility index (Phi) is 3.06. The van der Waals surface area contributed by atoms with Gasteiger partial charge in [-0.05, 0) is 34.5 Å². The molecule has 0 aliphatic heterocycles. The first-order chi connectivity index (χ1) is 8.04. The first-order valence-electron chi connectivity index (χ1n) is 4.79. The van der Waals surface area contributed by atoms with Gasteiger partial charge in [0.25, 0.3) is 0 Å². The van der Waals surface area contributed by atoms with Crippen molar-refractivity contribution in [3.05, 3.63) is 28.0 Å². The number of halogens is 2. The lowest BCUT2D eigenvalue weighted by Crippen LogP contribution is -1.96. The Labute approximate surface area is 106 Å². The van der Waals surface area contributed by atoms with Gasteiger partial charge in [-0.1, -0.05) is 5.16 Å². The molecule has 0 radical (unpaired) electrons. The first kappa shape index (κ1) is 11.9. The summed E-state index contributed by atoms with van der Waals surface area (Å²) in [4.78, 5) is 0. The highest BCUT2D eigenvalue weighted by Gasteiger charge is 2.20. The number of rotatable bonds is 2. The van der Waals surface area contributed by atoms with Crippen LogP contribution in [0.4, 0.5) is 10.3 Å². The molecule has 0 amide bonds. The van der Waals surface area contributed by atoms with Gasteiger partial charge in [0, 0.05) is 6.07 Å². The maximum atomic E-state index is 14.1. The van der Waals surface area contributed by atoms with Gasteiger partial charge in [-0.15, -0.1) is 0 Å². The highest BCUT2D eigenvalue weighted by molar-refractivity contribution is 9.10. The van der Waals surface area contributed by atoms with Crippen LogP contribution in [0.2, 0.25) is 0 Å². The van der Waals surface area contributed by atoms with Gasteiger partial charge in [0.1, 0.15) is 11.4 Å². The maximum Gasteiger partial charge on any atom is 0.222 e. The Morgan fingerprint density at radius 2 is 2.18 bits per heavy atom. The summed E-state index contributed by atoms with van der Waals surface area (Å²) in [5.41, 5.74) is 6.76. The molecule has 1 aromatic carbocycles. The standard InChI is InChI=1S/C11H10BrFN2O2/c1-5-3-6(12)10(13)9(11(5)16-2)7-4-8(14)17-15-7/h3-4H,14H2,1-2H3. The maximum absolute atomic E-state index is 14.1. The fraction of sp³-hybridized carbons (Fsp3) is 0.182. The van der Waals surface area contributed by atoms with Crippen LogP contribution in [0.5, 0.6) is 5.75 Å². The minimum Gasteiger partial charge on any atom is -0.496 e. The Morgan fingerprint density at radius 3 is 2.71 bits per heavy atom. The molecule has 6 heteroatoms. The Balaban J connectivity index is 2.74. The summed E-state index contributed by atoms with van der Waals surface area (Å²) in [5.74, 6) is 0.0823. The van der Waals surface area contributed by atoms with E-state index in [-0.39, 0.29) is 11.4 Å². The molecular weight excluding hydrogens is 291 g/mol. The molecule has 4 nitrogen and oxygen atoms in total. The molecule has 2 rings (SSSR count). The van der Waals surface area contributed by atoms with Gasteiger partial charge in [0.05, 0.1) is 17.1 Å². The van der Waals surface area contributed by atoms with Crippen LogP contribution >= 0.6 is 15.9 Å². The third-order valence-corrected chi connectivity index (χ3v) is 2.92. The smallest absolute Gasteiger partial charge is 0.222 e. The van der Waals surface area contributed by atoms with Crippen LogP contribution in [0.25, 0.3) is 11.3 Å². The normalized spacial score (nSPS) is 10.6. The Bertz CT molecular complexity index is 569. The van der Waals surface area contributed by atoms with Crippen LogP contribution in [-0.2, 0) is 0 Å². The molecule has 1 heterocycles.